The molecule has 1 aliphatic rings. The van der Waals surface area contributed by atoms with E-state index in [-0.39, 0.29) is 0 Å². The largest absolute Gasteiger partial charge is 0.372 e. The summed E-state index contributed by atoms with van der Waals surface area (Å²) in [6.07, 6.45) is 3.12. The lowest BCUT2D eigenvalue weighted by Gasteiger charge is -2.23. The number of hydrogen-bond acceptors (Lipinski definition) is 3. The van der Waals surface area contributed by atoms with E-state index in [4.69, 9.17) is 4.74 Å². The van der Waals surface area contributed by atoms with Crippen molar-refractivity contribution in [1.82, 2.24) is 5.32 Å². The molecule has 0 spiro atoms. The normalized spacial score (nSPS) is 23.9. The molecule has 1 N–H and O–H groups in total. The second kappa shape index (κ2) is 6.03. The van der Waals surface area contributed by atoms with Crippen LogP contribution in [0.5, 0.6) is 0 Å². The predicted molar refractivity (Wildman–Crippen MR) is 71.5 cm³/mol. The van der Waals surface area contributed by atoms with E-state index in [0.29, 0.717) is 12.2 Å². The minimum absolute atomic E-state index is 0.374. The molecule has 1 aromatic rings. The summed E-state index contributed by atoms with van der Waals surface area (Å²) < 4.78 is 5.99. The molecule has 1 aromatic carbocycles. The maximum Gasteiger partial charge on any atom is 0.0755 e. The van der Waals surface area contributed by atoms with Gasteiger partial charge in [0.2, 0.25) is 0 Å². The standard InChI is InChI=1S/C14H22N2O/c1-15-10-13-8-9-14(17-13)11-16(2)12-6-4-3-5-7-12/h3-7,13-15H,8-11H2,1-2H3. The van der Waals surface area contributed by atoms with E-state index in [9.17, 15) is 0 Å². The quantitative estimate of drug-likeness (QED) is 0.842. The van der Waals surface area contributed by atoms with Gasteiger partial charge in [-0.1, -0.05) is 18.2 Å². The van der Waals surface area contributed by atoms with Crippen molar-refractivity contribution in [2.45, 2.75) is 25.0 Å². The molecule has 2 unspecified atom stereocenters. The average molecular weight is 234 g/mol. The number of anilines is 1. The van der Waals surface area contributed by atoms with Gasteiger partial charge in [-0.25, -0.2) is 0 Å². The Labute approximate surface area is 104 Å². The molecule has 2 rings (SSSR count). The molecular weight excluding hydrogens is 212 g/mol. The van der Waals surface area contributed by atoms with Crippen LogP contribution in [0.2, 0.25) is 0 Å². The Balaban J connectivity index is 1.82. The average Bonchev–Trinajstić information content (AvgIpc) is 2.78. The molecule has 0 bridgehead atoms. The summed E-state index contributed by atoms with van der Waals surface area (Å²) in [5.41, 5.74) is 1.26. The van der Waals surface area contributed by atoms with Gasteiger partial charge in [-0.15, -0.1) is 0 Å². The minimum Gasteiger partial charge on any atom is -0.372 e. The van der Waals surface area contributed by atoms with Crippen LogP contribution >= 0.6 is 0 Å². The molecule has 1 fully saturated rings. The van der Waals surface area contributed by atoms with E-state index in [2.05, 4.69) is 41.5 Å². The van der Waals surface area contributed by atoms with Crippen molar-refractivity contribution in [1.29, 1.82) is 0 Å². The second-order valence-electron chi connectivity index (χ2n) is 4.73. The summed E-state index contributed by atoms with van der Waals surface area (Å²) in [5.74, 6) is 0. The van der Waals surface area contributed by atoms with Crippen molar-refractivity contribution in [3.63, 3.8) is 0 Å². The molecule has 0 aliphatic carbocycles. The number of rotatable bonds is 5. The lowest BCUT2D eigenvalue weighted by molar-refractivity contribution is 0.0511. The molecule has 2 atom stereocenters. The van der Waals surface area contributed by atoms with Gasteiger partial charge in [-0.3, -0.25) is 0 Å². The van der Waals surface area contributed by atoms with E-state index in [0.717, 1.165) is 13.1 Å². The third-order valence-electron chi connectivity index (χ3n) is 3.30. The fraction of sp³-hybridized carbons (Fsp3) is 0.571. The van der Waals surface area contributed by atoms with Gasteiger partial charge in [0.1, 0.15) is 0 Å². The summed E-state index contributed by atoms with van der Waals surface area (Å²) >= 11 is 0. The number of hydrogen-bond donors (Lipinski definition) is 1. The second-order valence-corrected chi connectivity index (χ2v) is 4.73. The van der Waals surface area contributed by atoms with Gasteiger partial charge in [0.25, 0.3) is 0 Å². The maximum atomic E-state index is 5.99. The molecule has 1 aliphatic heterocycles. The van der Waals surface area contributed by atoms with Gasteiger partial charge in [0.05, 0.1) is 12.2 Å². The first-order chi connectivity index (χ1) is 8.29. The topological polar surface area (TPSA) is 24.5 Å². The molecule has 3 nitrogen and oxygen atoms in total. The number of nitrogens with zero attached hydrogens (tertiary/aromatic N) is 1. The van der Waals surface area contributed by atoms with Gasteiger partial charge in [0.15, 0.2) is 0 Å². The Morgan fingerprint density at radius 1 is 1.24 bits per heavy atom. The summed E-state index contributed by atoms with van der Waals surface area (Å²) in [4.78, 5) is 2.27. The predicted octanol–water partition coefficient (Wildman–Crippen LogP) is 1.89. The van der Waals surface area contributed by atoms with Gasteiger partial charge in [-0.05, 0) is 32.0 Å². The molecule has 94 valence electrons. The molecule has 0 saturated carbocycles. The van der Waals surface area contributed by atoms with Crippen molar-refractivity contribution in [2.24, 2.45) is 0 Å². The highest BCUT2D eigenvalue weighted by molar-refractivity contribution is 5.45. The Kier molecular flexibility index (Phi) is 4.40. The fourth-order valence-corrected chi connectivity index (χ4v) is 2.39. The van der Waals surface area contributed by atoms with E-state index < -0.39 is 0 Å². The van der Waals surface area contributed by atoms with E-state index in [1.165, 1.54) is 18.5 Å². The zero-order chi connectivity index (χ0) is 12.1. The summed E-state index contributed by atoms with van der Waals surface area (Å²) in [7, 11) is 4.11. The number of likely N-dealkylation sites (N-methyl/N-ethyl adjacent to an activating group) is 2. The molecule has 0 aromatic heterocycles. The highest BCUT2D eigenvalue weighted by atomic mass is 16.5. The van der Waals surface area contributed by atoms with E-state index in [1.807, 2.05) is 13.1 Å². The Morgan fingerprint density at radius 3 is 2.65 bits per heavy atom. The van der Waals surface area contributed by atoms with Gasteiger partial charge in [-0.2, -0.15) is 0 Å². The first-order valence-corrected chi connectivity index (χ1v) is 6.36. The van der Waals surface area contributed by atoms with Crippen LogP contribution in [0, 0.1) is 0 Å². The van der Waals surface area contributed by atoms with Gasteiger partial charge < -0.3 is 15.0 Å². The van der Waals surface area contributed by atoms with Crippen molar-refractivity contribution in [3.05, 3.63) is 30.3 Å². The summed E-state index contributed by atoms with van der Waals surface area (Å²) in [6, 6.07) is 10.5. The van der Waals surface area contributed by atoms with Crippen molar-refractivity contribution in [2.75, 3.05) is 32.1 Å². The van der Waals surface area contributed by atoms with Crippen LogP contribution in [0.15, 0.2) is 30.3 Å². The minimum atomic E-state index is 0.374. The first-order valence-electron chi connectivity index (χ1n) is 6.36. The van der Waals surface area contributed by atoms with E-state index in [1.54, 1.807) is 0 Å². The van der Waals surface area contributed by atoms with Crippen LogP contribution in [0.25, 0.3) is 0 Å². The third-order valence-corrected chi connectivity index (χ3v) is 3.30. The summed E-state index contributed by atoms with van der Waals surface area (Å²) in [6.45, 7) is 1.94. The molecule has 3 heteroatoms. The lowest BCUT2D eigenvalue weighted by Crippen LogP contribution is -2.31. The van der Waals surface area contributed by atoms with Crippen LogP contribution < -0.4 is 10.2 Å². The Hall–Kier alpha value is -1.06. The number of benzene rings is 1. The fourth-order valence-electron chi connectivity index (χ4n) is 2.39. The smallest absolute Gasteiger partial charge is 0.0755 e. The summed E-state index contributed by atoms with van der Waals surface area (Å²) in [5, 5.41) is 3.18. The maximum absolute atomic E-state index is 5.99. The Morgan fingerprint density at radius 2 is 1.94 bits per heavy atom. The van der Waals surface area contributed by atoms with Gasteiger partial charge >= 0.3 is 0 Å². The van der Waals surface area contributed by atoms with Crippen LogP contribution in [-0.4, -0.2) is 39.4 Å². The Bertz CT molecular complexity index is 328. The highest BCUT2D eigenvalue weighted by Gasteiger charge is 2.25. The monoisotopic (exact) mass is 234 g/mol. The zero-order valence-corrected chi connectivity index (χ0v) is 10.7. The van der Waals surface area contributed by atoms with Crippen molar-refractivity contribution < 1.29 is 4.74 Å². The molecular formula is C14H22N2O. The molecule has 1 heterocycles. The van der Waals surface area contributed by atoms with Crippen LogP contribution in [0.3, 0.4) is 0 Å². The first kappa shape index (κ1) is 12.4. The lowest BCUT2D eigenvalue weighted by atomic mass is 10.2. The number of ether oxygens (including phenoxy) is 1. The number of nitrogens with one attached hydrogen (secondary N) is 1. The van der Waals surface area contributed by atoms with Crippen LogP contribution in [0.1, 0.15) is 12.8 Å². The van der Waals surface area contributed by atoms with Crippen LogP contribution in [0.4, 0.5) is 5.69 Å². The van der Waals surface area contributed by atoms with Crippen molar-refractivity contribution >= 4 is 5.69 Å². The SMILES string of the molecule is CNCC1CCC(CN(C)c2ccccc2)O1. The third kappa shape index (κ3) is 3.45. The van der Waals surface area contributed by atoms with Gasteiger partial charge in [0, 0.05) is 25.8 Å². The molecule has 0 radical (unpaired) electrons. The molecule has 0 amide bonds. The zero-order valence-electron chi connectivity index (χ0n) is 10.7. The number of para-hydroxylation sites is 1. The molecule has 1 saturated heterocycles. The highest BCUT2D eigenvalue weighted by Crippen LogP contribution is 2.21. The molecule has 17 heavy (non-hydrogen) atoms. The van der Waals surface area contributed by atoms with Crippen molar-refractivity contribution in [3.8, 4) is 0 Å². The van der Waals surface area contributed by atoms with Crippen LogP contribution in [-0.2, 0) is 4.74 Å². The van der Waals surface area contributed by atoms with E-state index >= 15 is 0 Å².